The van der Waals surface area contributed by atoms with E-state index in [1.165, 1.54) is 24.4 Å². The first-order chi connectivity index (χ1) is 7.22. The minimum absolute atomic E-state index is 0.624. The number of hydrogen-bond donors (Lipinski definition) is 0. The second-order valence-corrected chi connectivity index (χ2v) is 9.03. The van der Waals surface area contributed by atoms with E-state index >= 15 is 0 Å². The number of hydrogen-bond acceptors (Lipinski definition) is 1. The molecule has 2 atom stereocenters. The summed E-state index contributed by atoms with van der Waals surface area (Å²) in [7, 11) is -1.48. The predicted octanol–water partition coefficient (Wildman–Crippen LogP) is 3.72. The van der Waals surface area contributed by atoms with Gasteiger partial charge in [0.25, 0.3) is 0 Å². The van der Waals surface area contributed by atoms with Crippen LogP contribution in [0, 0.1) is 0 Å². The maximum absolute atomic E-state index is 6.12. The van der Waals surface area contributed by atoms with Crippen molar-refractivity contribution in [3.63, 3.8) is 0 Å². The van der Waals surface area contributed by atoms with Crippen molar-refractivity contribution in [1.82, 2.24) is 0 Å². The van der Waals surface area contributed by atoms with Crippen LogP contribution in [0.5, 0.6) is 0 Å². The van der Waals surface area contributed by atoms with Gasteiger partial charge in [-0.05, 0) is 24.6 Å². The van der Waals surface area contributed by atoms with E-state index in [2.05, 4.69) is 43.8 Å². The van der Waals surface area contributed by atoms with Crippen molar-refractivity contribution in [3.8, 4) is 0 Å². The van der Waals surface area contributed by atoms with Gasteiger partial charge < -0.3 is 4.43 Å². The topological polar surface area (TPSA) is 9.23 Å². The Morgan fingerprint density at radius 2 is 1.93 bits per heavy atom. The Balaban J connectivity index is 2.16. The highest BCUT2D eigenvalue weighted by molar-refractivity contribution is 6.74. The van der Waals surface area contributed by atoms with Crippen LogP contribution in [-0.4, -0.2) is 14.9 Å². The van der Waals surface area contributed by atoms with Gasteiger partial charge in [0, 0.05) is 12.1 Å². The second-order valence-electron chi connectivity index (χ2n) is 4.75. The predicted molar refractivity (Wildman–Crippen MR) is 66.5 cm³/mol. The van der Waals surface area contributed by atoms with Crippen LogP contribution in [0.3, 0.4) is 0 Å². The highest BCUT2D eigenvalue weighted by Gasteiger charge is 2.37. The van der Waals surface area contributed by atoms with E-state index in [4.69, 9.17) is 4.43 Å². The quantitative estimate of drug-likeness (QED) is 0.690. The highest BCUT2D eigenvalue weighted by Crippen LogP contribution is 2.34. The lowest BCUT2D eigenvalue weighted by Gasteiger charge is -2.36. The zero-order valence-corrected chi connectivity index (χ0v) is 10.7. The molecule has 1 fully saturated rings. The molecule has 1 nitrogen and oxygen atoms in total. The largest absolute Gasteiger partial charge is 0.416 e. The summed E-state index contributed by atoms with van der Waals surface area (Å²) in [4.78, 5) is 0. The average molecular weight is 220 g/mol. The summed E-state index contributed by atoms with van der Waals surface area (Å²) in [5.41, 5.74) is 2.08. The third-order valence-corrected chi connectivity index (χ3v) is 8.09. The third kappa shape index (κ3) is 2.32. The Labute approximate surface area is 93.6 Å². The summed E-state index contributed by atoms with van der Waals surface area (Å²) >= 11 is 0. The van der Waals surface area contributed by atoms with E-state index in [1.807, 2.05) is 0 Å². The lowest BCUT2D eigenvalue weighted by atomic mass is 10.2. The maximum Gasteiger partial charge on any atom is 0.196 e. The second kappa shape index (κ2) is 4.50. The van der Waals surface area contributed by atoms with Gasteiger partial charge in [-0.1, -0.05) is 43.7 Å². The Hall–Kier alpha value is -0.603. The van der Waals surface area contributed by atoms with Crippen molar-refractivity contribution in [3.05, 3.63) is 35.9 Å². The van der Waals surface area contributed by atoms with Gasteiger partial charge in [0.05, 0.1) is 0 Å². The molecule has 0 bridgehead atoms. The van der Waals surface area contributed by atoms with Gasteiger partial charge in [0.15, 0.2) is 8.32 Å². The zero-order chi connectivity index (χ0) is 10.7. The van der Waals surface area contributed by atoms with Gasteiger partial charge >= 0.3 is 0 Å². The Kier molecular flexibility index (Phi) is 3.27. The SMILES string of the molecule is CC(c1ccccc1)[Si]1(C)CCCCO1. The summed E-state index contributed by atoms with van der Waals surface area (Å²) < 4.78 is 6.12. The molecule has 2 rings (SSSR count). The standard InChI is InChI=1S/C13H20OSi/c1-12(13-8-4-3-5-9-13)15(2)11-7-6-10-14-15/h3-5,8-9,12H,6-7,10-11H2,1-2H3. The molecule has 0 spiro atoms. The first-order valence-corrected chi connectivity index (χ1v) is 8.60. The van der Waals surface area contributed by atoms with Crippen molar-refractivity contribution in [2.75, 3.05) is 6.61 Å². The zero-order valence-electron chi connectivity index (χ0n) is 9.70. The summed E-state index contributed by atoms with van der Waals surface area (Å²) in [5, 5.41) is 0. The normalized spacial score (nSPS) is 28.7. The Morgan fingerprint density at radius 1 is 1.20 bits per heavy atom. The first kappa shape index (κ1) is 10.9. The van der Waals surface area contributed by atoms with E-state index in [0.29, 0.717) is 5.54 Å². The molecule has 0 amide bonds. The molecule has 0 radical (unpaired) electrons. The van der Waals surface area contributed by atoms with Crippen LogP contribution < -0.4 is 0 Å². The van der Waals surface area contributed by atoms with Gasteiger partial charge in [0.2, 0.25) is 0 Å². The number of rotatable bonds is 2. The fourth-order valence-electron chi connectivity index (χ4n) is 2.39. The van der Waals surface area contributed by atoms with E-state index < -0.39 is 8.32 Å². The van der Waals surface area contributed by atoms with E-state index in [0.717, 1.165) is 6.61 Å². The molecule has 1 aliphatic heterocycles. The van der Waals surface area contributed by atoms with Gasteiger partial charge in [-0.25, -0.2) is 0 Å². The molecule has 1 aromatic carbocycles. The molecule has 82 valence electrons. The summed E-state index contributed by atoms with van der Waals surface area (Å²) in [5.74, 6) is 0. The van der Waals surface area contributed by atoms with E-state index in [9.17, 15) is 0 Å². The Morgan fingerprint density at radius 3 is 2.53 bits per heavy atom. The molecule has 0 saturated carbocycles. The van der Waals surface area contributed by atoms with Crippen molar-refractivity contribution in [2.24, 2.45) is 0 Å². The van der Waals surface area contributed by atoms with E-state index in [-0.39, 0.29) is 0 Å². The van der Waals surface area contributed by atoms with Crippen LogP contribution in [0.4, 0.5) is 0 Å². The fraction of sp³-hybridized carbons (Fsp3) is 0.538. The molecule has 1 saturated heterocycles. The molecule has 0 N–H and O–H groups in total. The Bertz CT molecular complexity index is 304. The molecule has 1 heterocycles. The smallest absolute Gasteiger partial charge is 0.196 e. The average Bonchev–Trinajstić information content (AvgIpc) is 2.30. The molecule has 2 unspecified atom stereocenters. The van der Waals surface area contributed by atoms with Gasteiger partial charge in [-0.3, -0.25) is 0 Å². The van der Waals surface area contributed by atoms with Gasteiger partial charge in [-0.2, -0.15) is 0 Å². The monoisotopic (exact) mass is 220 g/mol. The molecule has 1 aliphatic rings. The lowest BCUT2D eigenvalue weighted by Crippen LogP contribution is -2.43. The van der Waals surface area contributed by atoms with Crippen LogP contribution in [-0.2, 0) is 4.43 Å². The molecule has 0 aromatic heterocycles. The van der Waals surface area contributed by atoms with Crippen LogP contribution in [0.2, 0.25) is 12.6 Å². The van der Waals surface area contributed by atoms with Crippen LogP contribution >= 0.6 is 0 Å². The van der Waals surface area contributed by atoms with Crippen molar-refractivity contribution in [1.29, 1.82) is 0 Å². The molecule has 0 aliphatic carbocycles. The van der Waals surface area contributed by atoms with Crippen molar-refractivity contribution < 1.29 is 4.43 Å². The molecule has 2 heteroatoms. The summed E-state index contributed by atoms with van der Waals surface area (Å²) in [6, 6.07) is 12.1. The van der Waals surface area contributed by atoms with Crippen molar-refractivity contribution >= 4 is 8.32 Å². The third-order valence-electron chi connectivity index (χ3n) is 3.71. The van der Waals surface area contributed by atoms with Crippen LogP contribution in [0.1, 0.15) is 30.9 Å². The lowest BCUT2D eigenvalue weighted by molar-refractivity contribution is 0.264. The number of benzene rings is 1. The van der Waals surface area contributed by atoms with Crippen molar-refractivity contribution in [2.45, 2.75) is 37.9 Å². The molecule has 15 heavy (non-hydrogen) atoms. The highest BCUT2D eigenvalue weighted by atomic mass is 28.4. The molecular formula is C13H20OSi. The van der Waals surface area contributed by atoms with E-state index in [1.54, 1.807) is 0 Å². The minimum atomic E-state index is -1.48. The minimum Gasteiger partial charge on any atom is -0.416 e. The fourth-order valence-corrected chi connectivity index (χ4v) is 5.68. The van der Waals surface area contributed by atoms with Crippen LogP contribution in [0.15, 0.2) is 30.3 Å². The van der Waals surface area contributed by atoms with Crippen LogP contribution in [0.25, 0.3) is 0 Å². The van der Waals surface area contributed by atoms with Gasteiger partial charge in [0.1, 0.15) is 0 Å². The summed E-state index contributed by atoms with van der Waals surface area (Å²) in [6.45, 7) is 5.72. The van der Waals surface area contributed by atoms with Gasteiger partial charge in [-0.15, -0.1) is 0 Å². The molecule has 1 aromatic rings. The summed E-state index contributed by atoms with van der Waals surface area (Å²) in [6.07, 6.45) is 2.62. The maximum atomic E-state index is 6.12. The molecular weight excluding hydrogens is 200 g/mol. The first-order valence-electron chi connectivity index (χ1n) is 5.91.